The van der Waals surface area contributed by atoms with Gasteiger partial charge in [0, 0.05) is 0 Å². The van der Waals surface area contributed by atoms with Gasteiger partial charge in [0.1, 0.15) is 3.79 Å². The zero-order chi connectivity index (χ0) is 5.98. The SMILES string of the molecule is COc1ncsc1Br. The molecule has 0 aliphatic rings. The zero-order valence-electron chi connectivity index (χ0n) is 4.22. The van der Waals surface area contributed by atoms with Crippen LogP contribution in [0.15, 0.2) is 9.30 Å². The van der Waals surface area contributed by atoms with Crippen LogP contribution >= 0.6 is 27.3 Å². The number of hydrogen-bond acceptors (Lipinski definition) is 3. The summed E-state index contributed by atoms with van der Waals surface area (Å²) >= 11 is 4.77. The highest BCUT2D eigenvalue weighted by Gasteiger charge is 1.98. The van der Waals surface area contributed by atoms with Crippen molar-refractivity contribution in [3.8, 4) is 5.88 Å². The number of nitrogens with zero attached hydrogens (tertiary/aromatic N) is 1. The minimum absolute atomic E-state index is 0.662. The molecule has 0 aliphatic carbocycles. The first-order valence-electron chi connectivity index (χ1n) is 1.97. The van der Waals surface area contributed by atoms with E-state index in [0.29, 0.717) is 5.88 Å². The molecule has 0 spiro atoms. The van der Waals surface area contributed by atoms with E-state index in [1.165, 1.54) is 11.3 Å². The van der Waals surface area contributed by atoms with Crippen molar-refractivity contribution in [2.45, 2.75) is 0 Å². The van der Waals surface area contributed by atoms with Gasteiger partial charge in [0.25, 0.3) is 0 Å². The zero-order valence-corrected chi connectivity index (χ0v) is 6.62. The number of hydrogen-bond donors (Lipinski definition) is 0. The van der Waals surface area contributed by atoms with Gasteiger partial charge >= 0.3 is 0 Å². The van der Waals surface area contributed by atoms with E-state index in [1.54, 1.807) is 12.6 Å². The first-order valence-corrected chi connectivity index (χ1v) is 3.65. The van der Waals surface area contributed by atoms with Crippen LogP contribution in [-0.4, -0.2) is 12.1 Å². The second-order valence-electron chi connectivity index (χ2n) is 1.14. The van der Waals surface area contributed by atoms with Gasteiger partial charge in [0.15, 0.2) is 0 Å². The maximum atomic E-state index is 4.84. The van der Waals surface area contributed by atoms with Crippen LogP contribution < -0.4 is 4.74 Å². The highest BCUT2D eigenvalue weighted by molar-refractivity contribution is 9.11. The van der Waals surface area contributed by atoms with E-state index in [2.05, 4.69) is 20.9 Å². The van der Waals surface area contributed by atoms with E-state index >= 15 is 0 Å². The summed E-state index contributed by atoms with van der Waals surface area (Å²) in [6.07, 6.45) is 0. The van der Waals surface area contributed by atoms with Crippen molar-refractivity contribution in [3.63, 3.8) is 0 Å². The third-order valence-corrected chi connectivity index (χ3v) is 2.18. The van der Waals surface area contributed by atoms with Crippen LogP contribution in [0.5, 0.6) is 5.88 Å². The van der Waals surface area contributed by atoms with Crippen molar-refractivity contribution in [1.82, 2.24) is 4.98 Å². The summed E-state index contributed by atoms with van der Waals surface area (Å²) in [6.45, 7) is 0. The van der Waals surface area contributed by atoms with Gasteiger partial charge in [-0.3, -0.25) is 0 Å². The second-order valence-corrected chi connectivity index (χ2v) is 3.31. The van der Waals surface area contributed by atoms with Gasteiger partial charge in [-0.25, -0.2) is 4.98 Å². The highest BCUT2D eigenvalue weighted by atomic mass is 79.9. The van der Waals surface area contributed by atoms with Gasteiger partial charge in [-0.1, -0.05) is 0 Å². The lowest BCUT2D eigenvalue weighted by Crippen LogP contribution is -1.80. The van der Waals surface area contributed by atoms with E-state index in [4.69, 9.17) is 4.74 Å². The second kappa shape index (κ2) is 2.46. The van der Waals surface area contributed by atoms with Crippen molar-refractivity contribution < 1.29 is 4.74 Å². The molecule has 0 N–H and O–H groups in total. The lowest BCUT2D eigenvalue weighted by atomic mass is 10.9. The third-order valence-electron chi connectivity index (χ3n) is 0.688. The summed E-state index contributed by atoms with van der Waals surface area (Å²) in [5.74, 6) is 0.662. The maximum Gasteiger partial charge on any atom is 0.238 e. The Hall–Kier alpha value is -0.0900. The summed E-state index contributed by atoms with van der Waals surface area (Å²) in [6, 6.07) is 0. The Morgan fingerprint density at radius 2 is 2.62 bits per heavy atom. The van der Waals surface area contributed by atoms with Crippen LogP contribution in [0.4, 0.5) is 0 Å². The summed E-state index contributed by atoms with van der Waals surface area (Å²) < 4.78 is 5.78. The van der Waals surface area contributed by atoms with E-state index in [1.807, 2.05) is 0 Å². The number of ether oxygens (including phenoxy) is 1. The Morgan fingerprint density at radius 3 is 2.88 bits per heavy atom. The molecule has 0 saturated heterocycles. The molecule has 0 unspecified atom stereocenters. The molecular formula is C4H4BrNOS. The van der Waals surface area contributed by atoms with Gasteiger partial charge in [-0.05, 0) is 15.9 Å². The van der Waals surface area contributed by atoms with Gasteiger partial charge in [0.2, 0.25) is 5.88 Å². The Balaban J connectivity index is 2.92. The predicted octanol–water partition coefficient (Wildman–Crippen LogP) is 1.91. The molecule has 8 heavy (non-hydrogen) atoms. The van der Waals surface area contributed by atoms with Crippen molar-refractivity contribution in [2.75, 3.05) is 7.11 Å². The quantitative estimate of drug-likeness (QED) is 0.681. The maximum absolute atomic E-state index is 4.84. The Bertz CT molecular complexity index is 176. The molecule has 1 aromatic heterocycles. The van der Waals surface area contributed by atoms with Gasteiger partial charge in [-0.2, -0.15) is 0 Å². The number of rotatable bonds is 1. The molecular weight excluding hydrogens is 190 g/mol. The normalized spacial score (nSPS) is 9.25. The number of thiazole rings is 1. The van der Waals surface area contributed by atoms with Crippen LogP contribution in [0.2, 0.25) is 0 Å². The topological polar surface area (TPSA) is 22.1 Å². The van der Waals surface area contributed by atoms with E-state index < -0.39 is 0 Å². The first kappa shape index (κ1) is 6.04. The molecule has 0 atom stereocenters. The van der Waals surface area contributed by atoms with Crippen molar-refractivity contribution in [2.24, 2.45) is 0 Å². The van der Waals surface area contributed by atoms with E-state index in [-0.39, 0.29) is 0 Å². The fourth-order valence-electron chi connectivity index (χ4n) is 0.355. The van der Waals surface area contributed by atoms with E-state index in [0.717, 1.165) is 3.79 Å². The molecule has 1 aromatic rings. The molecule has 1 rings (SSSR count). The van der Waals surface area contributed by atoms with Crippen LogP contribution in [0, 0.1) is 0 Å². The predicted molar refractivity (Wildman–Crippen MR) is 36.4 cm³/mol. The molecule has 4 heteroatoms. The number of aromatic nitrogens is 1. The van der Waals surface area contributed by atoms with Crippen molar-refractivity contribution in [3.05, 3.63) is 9.30 Å². The molecule has 2 nitrogen and oxygen atoms in total. The molecule has 0 saturated carbocycles. The average molecular weight is 194 g/mol. The molecule has 0 amide bonds. The minimum Gasteiger partial charge on any atom is -0.480 e. The lowest BCUT2D eigenvalue weighted by molar-refractivity contribution is 0.398. The number of methoxy groups -OCH3 is 1. The average Bonchev–Trinajstić information content (AvgIpc) is 2.14. The van der Waals surface area contributed by atoms with Gasteiger partial charge < -0.3 is 4.74 Å². The number of halogens is 1. The third kappa shape index (κ3) is 1.00. The molecule has 44 valence electrons. The summed E-state index contributed by atoms with van der Waals surface area (Å²) in [7, 11) is 1.60. The standard InChI is InChI=1S/C4H4BrNOS/c1-7-4-3(5)8-2-6-4/h2H,1H3. The van der Waals surface area contributed by atoms with Gasteiger partial charge in [-0.15, -0.1) is 11.3 Å². The smallest absolute Gasteiger partial charge is 0.238 e. The lowest BCUT2D eigenvalue weighted by Gasteiger charge is -1.89. The van der Waals surface area contributed by atoms with Gasteiger partial charge in [0.05, 0.1) is 12.6 Å². The molecule has 0 aliphatic heterocycles. The molecule has 0 aromatic carbocycles. The largest absolute Gasteiger partial charge is 0.480 e. The summed E-state index contributed by atoms with van der Waals surface area (Å²) in [4.78, 5) is 3.88. The van der Waals surface area contributed by atoms with E-state index in [9.17, 15) is 0 Å². The Morgan fingerprint density at radius 1 is 1.88 bits per heavy atom. The minimum atomic E-state index is 0.662. The monoisotopic (exact) mass is 193 g/mol. The molecule has 0 fully saturated rings. The first-order chi connectivity index (χ1) is 3.84. The summed E-state index contributed by atoms with van der Waals surface area (Å²) in [5, 5.41) is 0. The van der Waals surface area contributed by atoms with Crippen LogP contribution in [0.1, 0.15) is 0 Å². The fraction of sp³-hybridized carbons (Fsp3) is 0.250. The molecule has 0 bridgehead atoms. The van der Waals surface area contributed by atoms with Crippen LogP contribution in [-0.2, 0) is 0 Å². The van der Waals surface area contributed by atoms with Crippen LogP contribution in [0.25, 0.3) is 0 Å². The summed E-state index contributed by atoms with van der Waals surface area (Å²) in [5.41, 5.74) is 1.73. The van der Waals surface area contributed by atoms with Crippen molar-refractivity contribution >= 4 is 27.3 Å². The Kier molecular flexibility index (Phi) is 1.85. The molecule has 0 radical (unpaired) electrons. The highest BCUT2D eigenvalue weighted by Crippen LogP contribution is 2.26. The molecule has 1 heterocycles. The van der Waals surface area contributed by atoms with Crippen molar-refractivity contribution in [1.29, 1.82) is 0 Å². The fourth-order valence-corrected chi connectivity index (χ4v) is 1.35. The Labute approximate surface area is 59.6 Å². The van der Waals surface area contributed by atoms with Crippen LogP contribution in [0.3, 0.4) is 0 Å².